The highest BCUT2D eigenvalue weighted by molar-refractivity contribution is 6.04. The summed E-state index contributed by atoms with van der Waals surface area (Å²) in [6.07, 6.45) is 1.93. The van der Waals surface area contributed by atoms with Crippen molar-refractivity contribution in [2.75, 3.05) is 14.2 Å². The van der Waals surface area contributed by atoms with Crippen molar-refractivity contribution in [1.29, 1.82) is 0 Å². The van der Waals surface area contributed by atoms with Crippen molar-refractivity contribution in [3.63, 3.8) is 0 Å². The zero-order valence-electron chi connectivity index (χ0n) is 9.87. The van der Waals surface area contributed by atoms with Gasteiger partial charge in [0.25, 0.3) is 0 Å². The second kappa shape index (κ2) is 3.81. The van der Waals surface area contributed by atoms with E-state index in [0.717, 1.165) is 12.8 Å². The van der Waals surface area contributed by atoms with Crippen molar-refractivity contribution in [1.82, 2.24) is 0 Å². The predicted molar refractivity (Wildman–Crippen MR) is 61.2 cm³/mol. The van der Waals surface area contributed by atoms with E-state index in [-0.39, 0.29) is 11.2 Å². The molecule has 0 aliphatic heterocycles. The number of Topliss-reactive ketones (excluding diaryl/α,β-unsaturated/α-hetero) is 1. The molecule has 3 nitrogen and oxygen atoms in total. The van der Waals surface area contributed by atoms with Crippen LogP contribution in [-0.2, 0) is 0 Å². The molecule has 0 saturated heterocycles. The highest BCUT2D eigenvalue weighted by atomic mass is 16.5. The number of methoxy groups -OCH3 is 2. The largest absolute Gasteiger partial charge is 0.497 e. The van der Waals surface area contributed by atoms with Crippen LogP contribution >= 0.6 is 0 Å². The number of ether oxygens (including phenoxy) is 2. The first kappa shape index (κ1) is 11.0. The lowest BCUT2D eigenvalue weighted by Gasteiger charge is -2.12. The maximum absolute atomic E-state index is 12.2. The van der Waals surface area contributed by atoms with Gasteiger partial charge in [-0.1, -0.05) is 6.92 Å². The summed E-state index contributed by atoms with van der Waals surface area (Å²) in [5.74, 6) is 1.47. The van der Waals surface area contributed by atoms with Crippen LogP contribution in [0.25, 0.3) is 0 Å². The fourth-order valence-corrected chi connectivity index (χ4v) is 1.73. The van der Waals surface area contributed by atoms with Crippen LogP contribution in [0.4, 0.5) is 0 Å². The standard InChI is InChI=1S/C13H16O3/c1-13(6-7-13)12(14)10-8-9(15-2)4-5-11(10)16-3/h4-5,8H,6-7H2,1-3H3. The van der Waals surface area contributed by atoms with E-state index < -0.39 is 0 Å². The lowest BCUT2D eigenvalue weighted by molar-refractivity contribution is 0.0909. The maximum Gasteiger partial charge on any atom is 0.172 e. The van der Waals surface area contributed by atoms with Crippen LogP contribution < -0.4 is 9.47 Å². The Bertz CT molecular complexity index is 419. The van der Waals surface area contributed by atoms with Gasteiger partial charge in [-0.05, 0) is 31.0 Å². The van der Waals surface area contributed by atoms with Gasteiger partial charge in [-0.15, -0.1) is 0 Å². The third kappa shape index (κ3) is 1.77. The minimum Gasteiger partial charge on any atom is -0.497 e. The first-order valence-corrected chi connectivity index (χ1v) is 5.37. The molecule has 1 aromatic carbocycles. The predicted octanol–water partition coefficient (Wildman–Crippen LogP) is 2.69. The SMILES string of the molecule is COc1ccc(OC)c(C(=O)C2(C)CC2)c1. The van der Waals surface area contributed by atoms with Gasteiger partial charge in [0.2, 0.25) is 0 Å². The van der Waals surface area contributed by atoms with Gasteiger partial charge in [0.15, 0.2) is 5.78 Å². The summed E-state index contributed by atoms with van der Waals surface area (Å²) in [7, 11) is 3.17. The Morgan fingerprint density at radius 1 is 1.25 bits per heavy atom. The highest BCUT2D eigenvalue weighted by Gasteiger charge is 2.45. The minimum absolute atomic E-state index is 0.156. The topological polar surface area (TPSA) is 35.5 Å². The summed E-state index contributed by atoms with van der Waals surface area (Å²) in [4.78, 5) is 12.2. The second-order valence-electron chi connectivity index (χ2n) is 4.46. The molecule has 0 unspecified atom stereocenters. The van der Waals surface area contributed by atoms with E-state index in [1.807, 2.05) is 6.92 Å². The van der Waals surface area contributed by atoms with E-state index in [9.17, 15) is 4.79 Å². The zero-order chi connectivity index (χ0) is 11.8. The van der Waals surface area contributed by atoms with Crippen molar-refractivity contribution < 1.29 is 14.3 Å². The number of hydrogen-bond donors (Lipinski definition) is 0. The van der Waals surface area contributed by atoms with Crippen LogP contribution in [0.2, 0.25) is 0 Å². The van der Waals surface area contributed by atoms with E-state index in [0.29, 0.717) is 17.1 Å². The molecule has 0 spiro atoms. The van der Waals surface area contributed by atoms with Crippen LogP contribution in [0.15, 0.2) is 18.2 Å². The van der Waals surface area contributed by atoms with Gasteiger partial charge in [-0.2, -0.15) is 0 Å². The smallest absolute Gasteiger partial charge is 0.172 e. The van der Waals surface area contributed by atoms with E-state index in [1.54, 1.807) is 32.4 Å². The van der Waals surface area contributed by atoms with Gasteiger partial charge >= 0.3 is 0 Å². The van der Waals surface area contributed by atoms with Crippen LogP contribution in [0, 0.1) is 5.41 Å². The Labute approximate surface area is 95.4 Å². The maximum atomic E-state index is 12.2. The lowest BCUT2D eigenvalue weighted by Crippen LogP contribution is -2.13. The van der Waals surface area contributed by atoms with Crippen LogP contribution in [0.5, 0.6) is 11.5 Å². The Morgan fingerprint density at radius 3 is 2.44 bits per heavy atom. The molecule has 1 saturated carbocycles. The van der Waals surface area contributed by atoms with Crippen LogP contribution in [0.3, 0.4) is 0 Å². The third-order valence-corrected chi connectivity index (χ3v) is 3.20. The van der Waals surface area contributed by atoms with Crippen molar-refractivity contribution in [3.8, 4) is 11.5 Å². The van der Waals surface area contributed by atoms with Crippen molar-refractivity contribution in [3.05, 3.63) is 23.8 Å². The van der Waals surface area contributed by atoms with E-state index in [2.05, 4.69) is 0 Å². The number of carbonyl (C=O) groups excluding carboxylic acids is 1. The quantitative estimate of drug-likeness (QED) is 0.732. The molecular formula is C13H16O3. The number of ketones is 1. The van der Waals surface area contributed by atoms with Crippen LogP contribution in [-0.4, -0.2) is 20.0 Å². The Balaban J connectivity index is 2.40. The first-order valence-electron chi connectivity index (χ1n) is 5.37. The second-order valence-corrected chi connectivity index (χ2v) is 4.46. The van der Waals surface area contributed by atoms with Gasteiger partial charge in [-0.3, -0.25) is 4.79 Å². The number of rotatable bonds is 4. The molecule has 0 N–H and O–H groups in total. The molecule has 1 fully saturated rings. The molecule has 86 valence electrons. The Kier molecular flexibility index (Phi) is 2.62. The van der Waals surface area contributed by atoms with Gasteiger partial charge in [0, 0.05) is 5.41 Å². The fraction of sp³-hybridized carbons (Fsp3) is 0.462. The molecular weight excluding hydrogens is 204 g/mol. The third-order valence-electron chi connectivity index (χ3n) is 3.20. The van der Waals surface area contributed by atoms with Crippen LogP contribution in [0.1, 0.15) is 30.1 Å². The molecule has 1 aromatic rings. The molecule has 2 rings (SSSR count). The van der Waals surface area contributed by atoms with Gasteiger partial charge in [0.1, 0.15) is 11.5 Å². The molecule has 0 amide bonds. The monoisotopic (exact) mass is 220 g/mol. The highest BCUT2D eigenvalue weighted by Crippen LogP contribution is 2.48. The van der Waals surface area contributed by atoms with Crippen molar-refractivity contribution in [2.45, 2.75) is 19.8 Å². The zero-order valence-corrected chi connectivity index (χ0v) is 9.87. The molecule has 0 bridgehead atoms. The number of carbonyl (C=O) groups is 1. The molecule has 3 heteroatoms. The molecule has 0 radical (unpaired) electrons. The van der Waals surface area contributed by atoms with E-state index in [4.69, 9.17) is 9.47 Å². The molecule has 1 aliphatic carbocycles. The Hall–Kier alpha value is -1.51. The lowest BCUT2D eigenvalue weighted by atomic mass is 9.96. The number of benzene rings is 1. The first-order chi connectivity index (χ1) is 7.60. The minimum atomic E-state index is -0.181. The summed E-state index contributed by atoms with van der Waals surface area (Å²) >= 11 is 0. The van der Waals surface area contributed by atoms with Gasteiger partial charge in [0.05, 0.1) is 19.8 Å². The molecule has 16 heavy (non-hydrogen) atoms. The van der Waals surface area contributed by atoms with E-state index >= 15 is 0 Å². The molecule has 0 aromatic heterocycles. The summed E-state index contributed by atoms with van der Waals surface area (Å²) in [6, 6.07) is 5.33. The van der Waals surface area contributed by atoms with E-state index in [1.165, 1.54) is 0 Å². The Morgan fingerprint density at radius 2 is 1.94 bits per heavy atom. The normalized spacial score (nSPS) is 16.7. The average molecular weight is 220 g/mol. The number of hydrogen-bond acceptors (Lipinski definition) is 3. The molecule has 0 heterocycles. The fourth-order valence-electron chi connectivity index (χ4n) is 1.73. The summed E-state index contributed by atoms with van der Waals surface area (Å²) < 4.78 is 10.3. The van der Waals surface area contributed by atoms with Gasteiger partial charge in [-0.25, -0.2) is 0 Å². The average Bonchev–Trinajstić information content (AvgIpc) is 3.06. The molecule has 0 atom stereocenters. The van der Waals surface area contributed by atoms with Crippen molar-refractivity contribution >= 4 is 5.78 Å². The van der Waals surface area contributed by atoms with Gasteiger partial charge < -0.3 is 9.47 Å². The van der Waals surface area contributed by atoms with Crippen molar-refractivity contribution in [2.24, 2.45) is 5.41 Å². The summed E-state index contributed by atoms with van der Waals surface area (Å²) in [6.45, 7) is 1.99. The summed E-state index contributed by atoms with van der Waals surface area (Å²) in [5.41, 5.74) is 0.446. The summed E-state index contributed by atoms with van der Waals surface area (Å²) in [5, 5.41) is 0. The molecule has 1 aliphatic rings.